The molecule has 1 aromatic heterocycles. The van der Waals surface area contributed by atoms with Gasteiger partial charge in [0.05, 0.1) is 11.4 Å². The van der Waals surface area contributed by atoms with Gasteiger partial charge >= 0.3 is 0 Å². The molecule has 3 amide bonds. The van der Waals surface area contributed by atoms with E-state index in [1.54, 1.807) is 47.8 Å². The van der Waals surface area contributed by atoms with Crippen molar-refractivity contribution < 1.29 is 14.4 Å². The molecule has 1 aromatic carbocycles. The summed E-state index contributed by atoms with van der Waals surface area (Å²) in [5, 5.41) is 6.77. The number of carbonyl (C=O) groups is 3. The number of nitrogens with two attached hydrogens (primary N) is 1. The molecule has 0 aliphatic carbocycles. The molecule has 2 aromatic rings. The van der Waals surface area contributed by atoms with E-state index in [-0.39, 0.29) is 12.5 Å². The van der Waals surface area contributed by atoms with E-state index < -0.39 is 17.9 Å². The third kappa shape index (κ3) is 4.16. The summed E-state index contributed by atoms with van der Waals surface area (Å²) in [6, 6.07) is 11.2. The van der Waals surface area contributed by atoms with Crippen molar-refractivity contribution in [1.82, 2.24) is 10.6 Å². The number of primary amides is 1. The number of rotatable bonds is 6. The molecule has 7 heteroatoms. The van der Waals surface area contributed by atoms with Crippen LogP contribution in [0.4, 0.5) is 0 Å². The van der Waals surface area contributed by atoms with Gasteiger partial charge in [0, 0.05) is 0 Å². The van der Waals surface area contributed by atoms with Crippen LogP contribution in [0.3, 0.4) is 0 Å². The lowest BCUT2D eigenvalue weighted by atomic mass is 10.1. The van der Waals surface area contributed by atoms with E-state index in [2.05, 4.69) is 10.6 Å². The lowest BCUT2D eigenvalue weighted by Gasteiger charge is -2.16. The number of carbonyl (C=O) groups excluding carboxylic acids is 3. The van der Waals surface area contributed by atoms with Gasteiger partial charge in [0.15, 0.2) is 0 Å². The summed E-state index contributed by atoms with van der Waals surface area (Å²) in [6.07, 6.45) is 0. The lowest BCUT2D eigenvalue weighted by Crippen LogP contribution is -2.42. The minimum absolute atomic E-state index is 0.229. The van der Waals surface area contributed by atoms with Crippen LogP contribution in [0.1, 0.15) is 21.3 Å². The fourth-order valence-electron chi connectivity index (χ4n) is 1.83. The average Bonchev–Trinajstić information content (AvgIpc) is 3.05. The Hall–Kier alpha value is -2.67. The molecule has 1 unspecified atom stereocenters. The zero-order valence-electron chi connectivity index (χ0n) is 11.6. The average molecular weight is 317 g/mol. The molecule has 1 atom stereocenters. The second kappa shape index (κ2) is 7.37. The number of benzene rings is 1. The van der Waals surface area contributed by atoms with E-state index in [9.17, 15) is 14.4 Å². The molecule has 22 heavy (non-hydrogen) atoms. The van der Waals surface area contributed by atoms with Crippen molar-refractivity contribution in [1.29, 1.82) is 0 Å². The zero-order chi connectivity index (χ0) is 15.9. The molecule has 1 heterocycles. The minimum Gasteiger partial charge on any atom is -0.368 e. The van der Waals surface area contributed by atoms with Crippen LogP contribution < -0.4 is 16.4 Å². The number of hydrogen-bond acceptors (Lipinski definition) is 4. The molecule has 4 N–H and O–H groups in total. The van der Waals surface area contributed by atoms with Crippen LogP contribution >= 0.6 is 11.3 Å². The van der Waals surface area contributed by atoms with Crippen molar-refractivity contribution in [3.8, 4) is 0 Å². The van der Waals surface area contributed by atoms with Crippen LogP contribution in [0, 0.1) is 0 Å². The van der Waals surface area contributed by atoms with E-state index >= 15 is 0 Å². The summed E-state index contributed by atoms with van der Waals surface area (Å²) in [7, 11) is 0. The van der Waals surface area contributed by atoms with Crippen molar-refractivity contribution in [2.24, 2.45) is 5.73 Å². The van der Waals surface area contributed by atoms with E-state index in [4.69, 9.17) is 5.73 Å². The van der Waals surface area contributed by atoms with E-state index in [1.807, 2.05) is 0 Å². The quantitative estimate of drug-likeness (QED) is 0.735. The van der Waals surface area contributed by atoms with Gasteiger partial charge in [0.25, 0.3) is 5.91 Å². The predicted octanol–water partition coefficient (Wildman–Crippen LogP) is 0.821. The smallest absolute Gasteiger partial charge is 0.261 e. The highest BCUT2D eigenvalue weighted by Crippen LogP contribution is 2.11. The molecule has 0 fully saturated rings. The maximum Gasteiger partial charge on any atom is 0.261 e. The molecule has 0 radical (unpaired) electrons. The van der Waals surface area contributed by atoms with Gasteiger partial charge < -0.3 is 16.4 Å². The summed E-state index contributed by atoms with van der Waals surface area (Å²) < 4.78 is 0. The Labute approximate surface area is 131 Å². The summed E-state index contributed by atoms with van der Waals surface area (Å²) in [5.41, 5.74) is 5.90. The summed E-state index contributed by atoms with van der Waals surface area (Å²) in [4.78, 5) is 35.6. The van der Waals surface area contributed by atoms with Gasteiger partial charge in [0.2, 0.25) is 11.8 Å². The van der Waals surface area contributed by atoms with Crippen molar-refractivity contribution in [2.45, 2.75) is 6.04 Å². The normalized spacial score (nSPS) is 11.5. The monoisotopic (exact) mass is 317 g/mol. The van der Waals surface area contributed by atoms with Crippen molar-refractivity contribution in [2.75, 3.05) is 6.54 Å². The van der Waals surface area contributed by atoms with Crippen LogP contribution in [-0.4, -0.2) is 24.3 Å². The Kier molecular flexibility index (Phi) is 5.26. The van der Waals surface area contributed by atoms with Crippen LogP contribution in [-0.2, 0) is 9.59 Å². The number of hydrogen-bond donors (Lipinski definition) is 3. The first-order chi connectivity index (χ1) is 10.6. The topological polar surface area (TPSA) is 101 Å². The molecule has 0 saturated carbocycles. The van der Waals surface area contributed by atoms with Crippen LogP contribution in [0.2, 0.25) is 0 Å². The molecule has 0 spiro atoms. The van der Waals surface area contributed by atoms with Gasteiger partial charge in [-0.25, -0.2) is 0 Å². The third-order valence-corrected chi connectivity index (χ3v) is 3.75. The highest BCUT2D eigenvalue weighted by molar-refractivity contribution is 7.12. The molecule has 0 aliphatic rings. The van der Waals surface area contributed by atoms with Crippen molar-refractivity contribution >= 4 is 29.1 Å². The van der Waals surface area contributed by atoms with E-state index in [1.165, 1.54) is 11.3 Å². The van der Waals surface area contributed by atoms with Crippen molar-refractivity contribution in [3.05, 3.63) is 58.3 Å². The SMILES string of the molecule is NC(=O)C(NC(=O)CNC(=O)c1cccs1)c1ccccc1. The fraction of sp³-hybridized carbons (Fsp3) is 0.133. The molecule has 114 valence electrons. The maximum absolute atomic E-state index is 11.9. The highest BCUT2D eigenvalue weighted by Gasteiger charge is 2.20. The molecule has 0 aliphatic heterocycles. The van der Waals surface area contributed by atoms with E-state index in [0.29, 0.717) is 10.4 Å². The predicted molar refractivity (Wildman–Crippen MR) is 83.2 cm³/mol. The van der Waals surface area contributed by atoms with Gasteiger partial charge in [-0.3, -0.25) is 14.4 Å². The van der Waals surface area contributed by atoms with Crippen LogP contribution in [0.25, 0.3) is 0 Å². The van der Waals surface area contributed by atoms with Crippen molar-refractivity contribution in [3.63, 3.8) is 0 Å². The maximum atomic E-state index is 11.9. The van der Waals surface area contributed by atoms with Gasteiger partial charge in [-0.2, -0.15) is 0 Å². The highest BCUT2D eigenvalue weighted by atomic mass is 32.1. The second-order valence-electron chi connectivity index (χ2n) is 4.47. The second-order valence-corrected chi connectivity index (χ2v) is 5.42. The number of nitrogens with one attached hydrogen (secondary N) is 2. The summed E-state index contributed by atoms with van der Waals surface area (Å²) in [6.45, 7) is -0.229. The largest absolute Gasteiger partial charge is 0.368 e. The fourth-order valence-corrected chi connectivity index (χ4v) is 2.47. The molecular formula is C15H15N3O3S. The Balaban J connectivity index is 1.92. The minimum atomic E-state index is -0.924. The Morgan fingerprint density at radius 2 is 1.82 bits per heavy atom. The van der Waals surface area contributed by atoms with Gasteiger partial charge in [-0.1, -0.05) is 36.4 Å². The Bertz CT molecular complexity index is 656. The third-order valence-electron chi connectivity index (χ3n) is 2.88. The first kappa shape index (κ1) is 15.7. The number of amides is 3. The van der Waals surface area contributed by atoms with Gasteiger partial charge in [0.1, 0.15) is 6.04 Å². The van der Waals surface area contributed by atoms with Gasteiger partial charge in [-0.15, -0.1) is 11.3 Å². The molecule has 0 bridgehead atoms. The first-order valence-corrected chi connectivity index (χ1v) is 7.41. The Morgan fingerprint density at radius 1 is 1.09 bits per heavy atom. The van der Waals surface area contributed by atoms with E-state index in [0.717, 1.165) is 0 Å². The lowest BCUT2D eigenvalue weighted by molar-refractivity contribution is -0.126. The first-order valence-electron chi connectivity index (χ1n) is 6.53. The summed E-state index contributed by atoms with van der Waals surface area (Å²) in [5.74, 6) is -1.48. The van der Waals surface area contributed by atoms with Crippen LogP contribution in [0.5, 0.6) is 0 Å². The molecular weight excluding hydrogens is 302 g/mol. The molecule has 0 saturated heterocycles. The Morgan fingerprint density at radius 3 is 2.41 bits per heavy atom. The zero-order valence-corrected chi connectivity index (χ0v) is 12.4. The molecule has 2 rings (SSSR count). The standard InChI is InChI=1S/C15H15N3O3S/c16-14(20)13(10-5-2-1-3-6-10)18-12(19)9-17-15(21)11-7-4-8-22-11/h1-8,13H,9H2,(H2,16,20)(H,17,21)(H,18,19). The van der Waals surface area contributed by atoms with Crippen LogP contribution in [0.15, 0.2) is 47.8 Å². The summed E-state index contributed by atoms with van der Waals surface area (Å²) >= 11 is 1.28. The number of thiophene rings is 1. The molecule has 6 nitrogen and oxygen atoms in total. The van der Waals surface area contributed by atoms with Gasteiger partial charge in [-0.05, 0) is 17.0 Å².